The molecule has 0 aliphatic carbocycles. The first-order chi connectivity index (χ1) is 7.87. The molecule has 0 bridgehead atoms. The Kier molecular flexibility index (Phi) is 4.48. The standard InChI is InChI=1S/C11H20N4O2/c1-11(2,3)6-4-5-9(16)12-7-8-13-10(17)15-14-8/h4-7H2,1-3H3,(H,12,16)(H2,13,14,15,17). The fourth-order valence-corrected chi connectivity index (χ4v) is 1.44. The van der Waals surface area contributed by atoms with Crippen LogP contribution in [-0.4, -0.2) is 21.1 Å². The molecule has 0 saturated carbocycles. The lowest BCUT2D eigenvalue weighted by Gasteiger charge is -2.17. The molecule has 1 heterocycles. The number of aromatic nitrogens is 3. The van der Waals surface area contributed by atoms with E-state index in [1.54, 1.807) is 0 Å². The molecule has 0 fully saturated rings. The van der Waals surface area contributed by atoms with Crippen molar-refractivity contribution >= 4 is 5.91 Å². The van der Waals surface area contributed by atoms with E-state index < -0.39 is 0 Å². The van der Waals surface area contributed by atoms with Crippen molar-refractivity contribution in [1.82, 2.24) is 20.5 Å². The Morgan fingerprint density at radius 1 is 1.41 bits per heavy atom. The molecular formula is C11H20N4O2. The van der Waals surface area contributed by atoms with Crippen LogP contribution in [0.1, 0.15) is 45.9 Å². The number of amides is 1. The third-order valence-corrected chi connectivity index (χ3v) is 2.33. The van der Waals surface area contributed by atoms with Crippen LogP contribution >= 0.6 is 0 Å². The average molecular weight is 240 g/mol. The van der Waals surface area contributed by atoms with E-state index in [0.29, 0.717) is 12.2 Å². The second kappa shape index (κ2) is 5.65. The molecule has 0 radical (unpaired) electrons. The van der Waals surface area contributed by atoms with Crippen LogP contribution in [0.3, 0.4) is 0 Å². The first-order valence-electron chi connectivity index (χ1n) is 5.77. The Morgan fingerprint density at radius 2 is 2.12 bits per heavy atom. The zero-order valence-electron chi connectivity index (χ0n) is 10.6. The summed E-state index contributed by atoms with van der Waals surface area (Å²) >= 11 is 0. The van der Waals surface area contributed by atoms with E-state index in [1.807, 2.05) is 0 Å². The fraction of sp³-hybridized carbons (Fsp3) is 0.727. The van der Waals surface area contributed by atoms with Crippen LogP contribution in [0.2, 0.25) is 0 Å². The summed E-state index contributed by atoms with van der Waals surface area (Å²) in [5.41, 5.74) is -0.102. The molecule has 1 amide bonds. The van der Waals surface area contributed by atoms with Gasteiger partial charge in [0.25, 0.3) is 0 Å². The molecule has 17 heavy (non-hydrogen) atoms. The number of nitrogens with zero attached hydrogens (tertiary/aromatic N) is 1. The molecule has 0 aliphatic rings. The average Bonchev–Trinajstić information content (AvgIpc) is 2.59. The molecule has 1 rings (SSSR count). The highest BCUT2D eigenvalue weighted by atomic mass is 16.2. The van der Waals surface area contributed by atoms with Crippen molar-refractivity contribution in [3.63, 3.8) is 0 Å². The number of hydrogen-bond donors (Lipinski definition) is 3. The SMILES string of the molecule is CC(C)(C)CCCC(=O)NCc1n[nH]c(=O)[nH]1. The van der Waals surface area contributed by atoms with Gasteiger partial charge in [0, 0.05) is 6.42 Å². The van der Waals surface area contributed by atoms with Gasteiger partial charge in [0.15, 0.2) is 0 Å². The van der Waals surface area contributed by atoms with Crippen molar-refractivity contribution in [2.24, 2.45) is 5.41 Å². The van der Waals surface area contributed by atoms with Crippen LogP contribution < -0.4 is 11.0 Å². The molecule has 3 N–H and O–H groups in total. The maximum Gasteiger partial charge on any atom is 0.340 e. The smallest absolute Gasteiger partial charge is 0.340 e. The monoisotopic (exact) mass is 240 g/mol. The van der Waals surface area contributed by atoms with Gasteiger partial charge in [0.1, 0.15) is 5.82 Å². The number of carbonyl (C=O) groups excluding carboxylic acids is 1. The normalized spacial score (nSPS) is 11.5. The predicted octanol–water partition coefficient (Wildman–Crippen LogP) is 0.931. The molecular weight excluding hydrogens is 220 g/mol. The third-order valence-electron chi connectivity index (χ3n) is 2.33. The number of hydrogen-bond acceptors (Lipinski definition) is 3. The minimum Gasteiger partial charge on any atom is -0.349 e. The van der Waals surface area contributed by atoms with Gasteiger partial charge in [-0.15, -0.1) is 0 Å². The van der Waals surface area contributed by atoms with Gasteiger partial charge in [0.05, 0.1) is 6.54 Å². The molecule has 0 aliphatic heterocycles. The van der Waals surface area contributed by atoms with Gasteiger partial charge < -0.3 is 5.32 Å². The predicted molar refractivity (Wildman–Crippen MR) is 64.4 cm³/mol. The molecule has 1 aromatic heterocycles. The quantitative estimate of drug-likeness (QED) is 0.715. The highest BCUT2D eigenvalue weighted by Crippen LogP contribution is 2.21. The number of carbonyl (C=O) groups is 1. The lowest BCUT2D eigenvalue weighted by atomic mass is 9.90. The second-order valence-electron chi connectivity index (χ2n) is 5.32. The minimum atomic E-state index is -0.359. The van der Waals surface area contributed by atoms with Crippen molar-refractivity contribution in [1.29, 1.82) is 0 Å². The van der Waals surface area contributed by atoms with Crippen molar-refractivity contribution < 1.29 is 4.79 Å². The number of aromatic amines is 2. The van der Waals surface area contributed by atoms with Crippen LogP contribution in [0.5, 0.6) is 0 Å². The first kappa shape index (κ1) is 13.5. The largest absolute Gasteiger partial charge is 0.349 e. The first-order valence-corrected chi connectivity index (χ1v) is 5.77. The summed E-state index contributed by atoms with van der Waals surface area (Å²) in [6, 6.07) is 0. The van der Waals surface area contributed by atoms with E-state index in [4.69, 9.17) is 0 Å². The Labute approximate surface area is 100 Å². The highest BCUT2D eigenvalue weighted by molar-refractivity contribution is 5.75. The third kappa shape index (κ3) is 5.89. The zero-order chi connectivity index (χ0) is 12.9. The maximum atomic E-state index is 11.5. The summed E-state index contributed by atoms with van der Waals surface area (Å²) in [4.78, 5) is 24.7. The van der Waals surface area contributed by atoms with E-state index in [0.717, 1.165) is 12.8 Å². The van der Waals surface area contributed by atoms with Crippen LogP contribution in [0, 0.1) is 5.41 Å². The molecule has 6 heteroatoms. The topological polar surface area (TPSA) is 90.6 Å². The number of nitrogens with one attached hydrogen (secondary N) is 3. The Balaban J connectivity index is 2.20. The summed E-state index contributed by atoms with van der Waals surface area (Å²) < 4.78 is 0. The van der Waals surface area contributed by atoms with Gasteiger partial charge in [-0.3, -0.25) is 9.78 Å². The fourth-order valence-electron chi connectivity index (χ4n) is 1.44. The Bertz CT molecular complexity index is 414. The van der Waals surface area contributed by atoms with Gasteiger partial charge in [0.2, 0.25) is 5.91 Å². The molecule has 96 valence electrons. The van der Waals surface area contributed by atoms with Gasteiger partial charge >= 0.3 is 5.69 Å². The number of H-pyrrole nitrogens is 2. The Hall–Kier alpha value is -1.59. The van der Waals surface area contributed by atoms with Crippen LogP contribution in [-0.2, 0) is 11.3 Å². The van der Waals surface area contributed by atoms with Gasteiger partial charge in [-0.25, -0.2) is 9.89 Å². The molecule has 1 aromatic rings. The number of rotatable bonds is 5. The van der Waals surface area contributed by atoms with Crippen molar-refractivity contribution in [3.8, 4) is 0 Å². The zero-order valence-corrected chi connectivity index (χ0v) is 10.6. The van der Waals surface area contributed by atoms with Crippen molar-refractivity contribution in [2.75, 3.05) is 0 Å². The minimum absolute atomic E-state index is 0.0156. The summed E-state index contributed by atoms with van der Waals surface area (Å²) in [7, 11) is 0. The second-order valence-corrected chi connectivity index (χ2v) is 5.32. The van der Waals surface area contributed by atoms with Gasteiger partial charge in [-0.1, -0.05) is 20.8 Å². The lowest BCUT2D eigenvalue weighted by molar-refractivity contribution is -0.121. The van der Waals surface area contributed by atoms with E-state index in [9.17, 15) is 9.59 Å². The van der Waals surface area contributed by atoms with E-state index in [-0.39, 0.29) is 23.6 Å². The molecule has 0 aromatic carbocycles. The maximum absolute atomic E-state index is 11.5. The van der Waals surface area contributed by atoms with Crippen LogP contribution in [0.4, 0.5) is 0 Å². The Morgan fingerprint density at radius 3 is 2.65 bits per heavy atom. The summed E-state index contributed by atoms with van der Waals surface area (Å²) in [5.74, 6) is 0.428. The van der Waals surface area contributed by atoms with Crippen molar-refractivity contribution in [3.05, 3.63) is 16.3 Å². The van der Waals surface area contributed by atoms with Gasteiger partial charge in [-0.05, 0) is 18.3 Å². The van der Waals surface area contributed by atoms with Crippen LogP contribution in [0.25, 0.3) is 0 Å². The summed E-state index contributed by atoms with van der Waals surface area (Å²) in [6.07, 6.45) is 2.39. The molecule has 6 nitrogen and oxygen atoms in total. The summed E-state index contributed by atoms with van der Waals surface area (Å²) in [6.45, 7) is 6.71. The molecule has 0 saturated heterocycles. The molecule has 0 spiro atoms. The van der Waals surface area contributed by atoms with Crippen molar-refractivity contribution in [2.45, 2.75) is 46.6 Å². The van der Waals surface area contributed by atoms with E-state index in [1.165, 1.54) is 0 Å². The lowest BCUT2D eigenvalue weighted by Crippen LogP contribution is -2.23. The molecule has 0 unspecified atom stereocenters. The van der Waals surface area contributed by atoms with Gasteiger partial charge in [-0.2, -0.15) is 5.10 Å². The highest BCUT2D eigenvalue weighted by Gasteiger charge is 2.11. The van der Waals surface area contributed by atoms with Crippen LogP contribution in [0.15, 0.2) is 4.79 Å². The van der Waals surface area contributed by atoms with E-state index in [2.05, 4.69) is 41.3 Å². The molecule has 0 atom stereocenters. The summed E-state index contributed by atoms with van der Waals surface area (Å²) in [5, 5.41) is 8.65. The van der Waals surface area contributed by atoms with E-state index >= 15 is 0 Å².